The predicted molar refractivity (Wildman–Crippen MR) is 196 cm³/mol. The lowest BCUT2D eigenvalue weighted by Crippen LogP contribution is -2.37. The summed E-state index contributed by atoms with van der Waals surface area (Å²) >= 11 is 0. The van der Waals surface area contributed by atoms with E-state index in [2.05, 4.69) is 112 Å². The Morgan fingerprint density at radius 3 is 1.09 bits per heavy atom. The zero-order valence-corrected chi connectivity index (χ0v) is 28.1. The highest BCUT2D eigenvalue weighted by atomic mass is 28.3. The maximum atomic E-state index is 14.4. The summed E-state index contributed by atoms with van der Waals surface area (Å²) in [5, 5.41) is 9.38. The van der Waals surface area contributed by atoms with Gasteiger partial charge in [-0.2, -0.15) is 0 Å². The fourth-order valence-corrected chi connectivity index (χ4v) is 9.61. The maximum Gasteiger partial charge on any atom is 0.194 e. The van der Waals surface area contributed by atoms with E-state index in [0.29, 0.717) is 21.5 Å². The van der Waals surface area contributed by atoms with Gasteiger partial charge in [0.1, 0.15) is 0 Å². The molecule has 0 amide bonds. The Labute approximate surface area is 259 Å². The molecule has 0 bridgehead atoms. The molecule has 6 aromatic rings. The van der Waals surface area contributed by atoms with E-state index in [0.717, 1.165) is 54.9 Å². The first-order chi connectivity index (χ1) is 20.9. The minimum Gasteiger partial charge on any atom is -0.289 e. The minimum atomic E-state index is -1.46. The van der Waals surface area contributed by atoms with Gasteiger partial charge in [-0.05, 0) is 45.2 Å². The SMILES string of the molecule is C[Si](C)(C)c1ccc(-c2cc3c4c5c2cccc5c(=O)c2cc(-c5ccc([Si](C)(C)C)cc5)c5cccc(c3=O)c5c2-4)cc1. The van der Waals surface area contributed by atoms with Gasteiger partial charge in [0, 0.05) is 43.4 Å². The normalized spacial score (nSPS) is 13.0. The molecule has 44 heavy (non-hydrogen) atoms. The predicted octanol–water partition coefficient (Wildman–Crippen LogP) is 8.86. The van der Waals surface area contributed by atoms with Crippen molar-refractivity contribution >= 4 is 69.6 Å². The molecule has 0 spiro atoms. The molecular formula is C40H34O2Si2. The monoisotopic (exact) mass is 602 g/mol. The van der Waals surface area contributed by atoms with Crippen molar-refractivity contribution in [2.45, 2.75) is 39.3 Å². The summed E-state index contributed by atoms with van der Waals surface area (Å²) in [5.41, 5.74) is 6.04. The van der Waals surface area contributed by atoms with Crippen LogP contribution >= 0.6 is 0 Å². The van der Waals surface area contributed by atoms with Crippen LogP contribution in [0.4, 0.5) is 0 Å². The third-order valence-electron chi connectivity index (χ3n) is 9.68. The van der Waals surface area contributed by atoms with Gasteiger partial charge in [0.05, 0.1) is 16.1 Å². The van der Waals surface area contributed by atoms with E-state index in [4.69, 9.17) is 0 Å². The molecule has 0 unspecified atom stereocenters. The summed E-state index contributed by atoms with van der Waals surface area (Å²) in [5.74, 6) is 0. The van der Waals surface area contributed by atoms with Crippen LogP contribution in [-0.2, 0) is 0 Å². The van der Waals surface area contributed by atoms with E-state index >= 15 is 0 Å². The van der Waals surface area contributed by atoms with Gasteiger partial charge < -0.3 is 0 Å². The molecule has 0 fully saturated rings. The van der Waals surface area contributed by atoms with Crippen LogP contribution in [0.3, 0.4) is 0 Å². The molecule has 6 aromatic carbocycles. The topological polar surface area (TPSA) is 34.1 Å². The van der Waals surface area contributed by atoms with Crippen molar-refractivity contribution < 1.29 is 0 Å². The fourth-order valence-electron chi connectivity index (χ4n) is 7.27. The van der Waals surface area contributed by atoms with Gasteiger partial charge in [-0.15, -0.1) is 0 Å². The Kier molecular flexibility index (Phi) is 5.60. The van der Waals surface area contributed by atoms with Gasteiger partial charge in [-0.1, -0.05) is 135 Å². The first kappa shape index (κ1) is 27.2. The Bertz CT molecular complexity index is 2290. The van der Waals surface area contributed by atoms with Gasteiger partial charge in [0.15, 0.2) is 10.9 Å². The molecule has 2 aliphatic rings. The van der Waals surface area contributed by atoms with Gasteiger partial charge in [-0.3, -0.25) is 9.59 Å². The smallest absolute Gasteiger partial charge is 0.194 e. The molecule has 0 saturated heterocycles. The van der Waals surface area contributed by atoms with Crippen molar-refractivity contribution in [1.82, 2.24) is 0 Å². The molecular weight excluding hydrogens is 569 g/mol. The van der Waals surface area contributed by atoms with Crippen LogP contribution in [0.25, 0.3) is 76.5 Å². The van der Waals surface area contributed by atoms with Crippen LogP contribution in [0.1, 0.15) is 0 Å². The van der Waals surface area contributed by atoms with Crippen LogP contribution < -0.4 is 21.2 Å². The lowest BCUT2D eigenvalue weighted by Gasteiger charge is -2.24. The van der Waals surface area contributed by atoms with Crippen molar-refractivity contribution in [3.63, 3.8) is 0 Å². The number of benzene rings is 8. The van der Waals surface area contributed by atoms with E-state index in [9.17, 15) is 9.59 Å². The number of hydrogen-bond acceptors (Lipinski definition) is 2. The molecule has 0 heterocycles. The molecule has 0 aliphatic heterocycles. The van der Waals surface area contributed by atoms with Gasteiger partial charge in [0.25, 0.3) is 0 Å². The van der Waals surface area contributed by atoms with Gasteiger partial charge in [-0.25, -0.2) is 0 Å². The highest BCUT2D eigenvalue weighted by Crippen LogP contribution is 2.49. The lowest BCUT2D eigenvalue weighted by atomic mass is 9.78. The van der Waals surface area contributed by atoms with Crippen LogP contribution in [0.15, 0.2) is 107 Å². The molecule has 0 saturated carbocycles. The van der Waals surface area contributed by atoms with E-state index in [1.165, 1.54) is 10.4 Å². The summed E-state index contributed by atoms with van der Waals surface area (Å²) < 4.78 is 0. The van der Waals surface area contributed by atoms with Crippen molar-refractivity contribution in [1.29, 1.82) is 0 Å². The zero-order valence-electron chi connectivity index (χ0n) is 26.1. The molecule has 8 rings (SSSR count). The first-order valence-electron chi connectivity index (χ1n) is 15.4. The molecule has 4 heteroatoms. The summed E-state index contributed by atoms with van der Waals surface area (Å²) in [6.45, 7) is 14.1. The summed E-state index contributed by atoms with van der Waals surface area (Å²) in [6, 6.07) is 33.9. The van der Waals surface area contributed by atoms with Crippen LogP contribution in [0.2, 0.25) is 39.3 Å². The third kappa shape index (κ3) is 3.77. The molecule has 0 radical (unpaired) electrons. The van der Waals surface area contributed by atoms with Crippen molar-refractivity contribution in [2.24, 2.45) is 0 Å². The second-order valence-corrected chi connectivity index (χ2v) is 24.6. The number of rotatable bonds is 4. The molecule has 2 nitrogen and oxygen atoms in total. The van der Waals surface area contributed by atoms with E-state index < -0.39 is 16.1 Å². The highest BCUT2D eigenvalue weighted by Gasteiger charge is 2.28. The molecule has 0 atom stereocenters. The third-order valence-corrected chi connectivity index (χ3v) is 13.8. The minimum absolute atomic E-state index is 0.0290. The highest BCUT2D eigenvalue weighted by molar-refractivity contribution is 6.89. The summed E-state index contributed by atoms with van der Waals surface area (Å²) in [6.07, 6.45) is 0. The maximum absolute atomic E-state index is 14.4. The standard InChI is InChI=1S/C40H34O2Si2/c1-43(2,3)25-17-13-23(14-18-25)31-21-33-37-35-27(31)9-7-11-29(35)40(42)34-22-32(24-15-19-26(20-16-24)44(4,5)6)28-10-8-12-30(39(33)41)36(28)38(34)37/h7-22H,1-6H3. The Morgan fingerprint density at radius 1 is 0.409 bits per heavy atom. The molecule has 2 aliphatic carbocycles. The fraction of sp³-hybridized carbons (Fsp3) is 0.150. The zero-order chi connectivity index (χ0) is 30.7. The quantitative estimate of drug-likeness (QED) is 0.115. The molecule has 0 N–H and O–H groups in total. The lowest BCUT2D eigenvalue weighted by molar-refractivity contribution is 1.61. The number of hydrogen-bond donors (Lipinski definition) is 0. The van der Waals surface area contributed by atoms with Gasteiger partial charge >= 0.3 is 0 Å². The van der Waals surface area contributed by atoms with Crippen molar-refractivity contribution in [3.8, 4) is 33.4 Å². The molecule has 0 aromatic heterocycles. The summed E-state index contributed by atoms with van der Waals surface area (Å²) in [4.78, 5) is 28.9. The van der Waals surface area contributed by atoms with E-state index in [1.807, 2.05) is 24.3 Å². The Hall–Kier alpha value is -4.39. The first-order valence-corrected chi connectivity index (χ1v) is 22.4. The Morgan fingerprint density at radius 2 is 0.750 bits per heavy atom. The van der Waals surface area contributed by atoms with Crippen LogP contribution in [-0.4, -0.2) is 16.1 Å². The van der Waals surface area contributed by atoms with Crippen LogP contribution in [0, 0.1) is 0 Å². The van der Waals surface area contributed by atoms with Crippen LogP contribution in [0.5, 0.6) is 0 Å². The Balaban J connectivity index is 1.50. The van der Waals surface area contributed by atoms with Gasteiger partial charge in [0.2, 0.25) is 0 Å². The molecule has 214 valence electrons. The second kappa shape index (κ2) is 9.07. The van der Waals surface area contributed by atoms with E-state index in [-0.39, 0.29) is 10.9 Å². The largest absolute Gasteiger partial charge is 0.289 e. The van der Waals surface area contributed by atoms with Crippen molar-refractivity contribution in [2.75, 3.05) is 0 Å². The average molecular weight is 603 g/mol. The van der Waals surface area contributed by atoms with Crippen molar-refractivity contribution in [3.05, 3.63) is 118 Å². The van der Waals surface area contributed by atoms with E-state index in [1.54, 1.807) is 0 Å². The summed E-state index contributed by atoms with van der Waals surface area (Å²) in [7, 11) is -2.92. The second-order valence-electron chi connectivity index (χ2n) is 14.5. The average Bonchev–Trinajstić information content (AvgIpc) is 3.01.